The van der Waals surface area contributed by atoms with Gasteiger partial charge >= 0.3 is 12.0 Å². The van der Waals surface area contributed by atoms with Gasteiger partial charge in [-0.25, -0.2) is 14.6 Å². The number of carbonyl (C=O) groups is 3. The van der Waals surface area contributed by atoms with Crippen molar-refractivity contribution in [1.29, 1.82) is 0 Å². The number of hydrogen-bond acceptors (Lipinski definition) is 6. The topological polar surface area (TPSA) is 111 Å². The Bertz CT molecular complexity index is 1200. The summed E-state index contributed by atoms with van der Waals surface area (Å²) in [6.45, 7) is 1.40. The number of hydrogen-bond donors (Lipinski definition) is 2. The number of esters is 1. The number of urea groups is 1. The van der Waals surface area contributed by atoms with Gasteiger partial charge in [0.05, 0.1) is 16.8 Å². The van der Waals surface area contributed by atoms with Crippen LogP contribution in [-0.4, -0.2) is 29.0 Å². The first-order valence-electron chi connectivity index (χ1n) is 9.91. The number of thiophene rings is 1. The second-order valence-electron chi connectivity index (χ2n) is 7.27. The molecule has 158 valence electrons. The van der Waals surface area contributed by atoms with E-state index in [1.807, 2.05) is 47.1 Å². The van der Waals surface area contributed by atoms with Crippen LogP contribution in [0.1, 0.15) is 46.3 Å². The maximum atomic E-state index is 13.2. The van der Waals surface area contributed by atoms with Crippen LogP contribution in [0.15, 0.2) is 41.8 Å². The average Bonchev–Trinajstić information content (AvgIpc) is 3.25. The van der Waals surface area contributed by atoms with E-state index in [0.29, 0.717) is 22.9 Å². The zero-order valence-corrected chi connectivity index (χ0v) is 17.7. The molecule has 0 radical (unpaired) electrons. The Balaban J connectivity index is 1.79. The lowest BCUT2D eigenvalue weighted by Crippen LogP contribution is -2.42. The normalized spacial score (nSPS) is 15.3. The fraction of sp³-hybridized carbons (Fsp3) is 0.217. The molecule has 2 heterocycles. The number of para-hydroxylation sites is 1. The molecule has 3 N–H and O–H groups in total. The molecule has 0 fully saturated rings. The van der Waals surface area contributed by atoms with Crippen molar-refractivity contribution in [3.8, 4) is 0 Å². The van der Waals surface area contributed by atoms with Gasteiger partial charge in [-0.15, -0.1) is 11.3 Å². The standard InChI is InChI=1S/C23H21N3O4S/c1-13(21(27)26-23(24)29)30-22(28)19-16-8-2-3-10-18(16)25-20-14(6-4-9-17(19)20)12-15-7-5-11-31-15/h2-3,5,7-8,10-13H,4,6,9H2,1H3,(H3,24,26,27,29). The average molecular weight is 436 g/mol. The molecular formula is C23H21N3O4S. The van der Waals surface area contributed by atoms with E-state index in [2.05, 4.69) is 6.08 Å². The van der Waals surface area contributed by atoms with Crippen molar-refractivity contribution in [2.45, 2.75) is 32.3 Å². The Labute approximate surface area is 182 Å². The molecule has 0 spiro atoms. The zero-order chi connectivity index (χ0) is 22.0. The highest BCUT2D eigenvalue weighted by Crippen LogP contribution is 2.37. The van der Waals surface area contributed by atoms with Crippen LogP contribution in [0, 0.1) is 0 Å². The molecule has 7 nitrogen and oxygen atoms in total. The summed E-state index contributed by atoms with van der Waals surface area (Å²) in [7, 11) is 0. The summed E-state index contributed by atoms with van der Waals surface area (Å²) in [5.41, 5.74) is 8.76. The summed E-state index contributed by atoms with van der Waals surface area (Å²) in [5, 5.41) is 4.62. The Morgan fingerprint density at radius 2 is 2.00 bits per heavy atom. The second kappa shape index (κ2) is 8.69. The van der Waals surface area contributed by atoms with Gasteiger partial charge in [-0.2, -0.15) is 0 Å². The molecule has 0 saturated carbocycles. The van der Waals surface area contributed by atoms with Crippen molar-refractivity contribution in [3.05, 3.63) is 63.5 Å². The number of primary amides is 1. The lowest BCUT2D eigenvalue weighted by molar-refractivity contribution is -0.127. The first-order valence-corrected chi connectivity index (χ1v) is 10.8. The summed E-state index contributed by atoms with van der Waals surface area (Å²) >= 11 is 1.64. The monoisotopic (exact) mass is 435 g/mol. The Hall–Kier alpha value is -3.52. The number of aromatic nitrogens is 1. The lowest BCUT2D eigenvalue weighted by Gasteiger charge is -2.23. The molecule has 0 bridgehead atoms. The van der Waals surface area contributed by atoms with Crippen LogP contribution in [0.3, 0.4) is 0 Å². The summed E-state index contributed by atoms with van der Waals surface area (Å²) in [6.07, 6.45) is 3.36. The number of rotatable bonds is 4. The fourth-order valence-electron chi connectivity index (χ4n) is 3.75. The lowest BCUT2D eigenvalue weighted by atomic mass is 9.86. The molecule has 1 unspecified atom stereocenters. The molecule has 1 aliphatic carbocycles. The fourth-order valence-corrected chi connectivity index (χ4v) is 4.43. The minimum absolute atomic E-state index is 0.413. The number of benzene rings is 1. The number of pyridine rings is 1. The van der Waals surface area contributed by atoms with Crippen molar-refractivity contribution in [2.24, 2.45) is 5.73 Å². The number of fused-ring (bicyclic) bond motifs is 2. The van der Waals surface area contributed by atoms with Gasteiger partial charge in [0.1, 0.15) is 0 Å². The second-order valence-corrected chi connectivity index (χ2v) is 8.25. The number of amides is 3. The summed E-state index contributed by atoms with van der Waals surface area (Å²) in [4.78, 5) is 42.1. The van der Waals surface area contributed by atoms with Gasteiger partial charge in [0, 0.05) is 10.3 Å². The van der Waals surface area contributed by atoms with Crippen LogP contribution in [0.25, 0.3) is 22.6 Å². The largest absolute Gasteiger partial charge is 0.449 e. The molecular weight excluding hydrogens is 414 g/mol. The van der Waals surface area contributed by atoms with Gasteiger partial charge in [-0.3, -0.25) is 10.1 Å². The van der Waals surface area contributed by atoms with Crippen LogP contribution < -0.4 is 11.1 Å². The minimum Gasteiger partial charge on any atom is -0.449 e. The number of allylic oxidation sites excluding steroid dienone is 1. The Morgan fingerprint density at radius 1 is 1.19 bits per heavy atom. The third-order valence-electron chi connectivity index (χ3n) is 5.13. The third kappa shape index (κ3) is 4.34. The molecule has 0 saturated heterocycles. The third-order valence-corrected chi connectivity index (χ3v) is 5.95. The molecule has 1 aliphatic rings. The van der Waals surface area contributed by atoms with Gasteiger partial charge in [0.2, 0.25) is 0 Å². The molecule has 4 rings (SSSR count). The van der Waals surface area contributed by atoms with E-state index >= 15 is 0 Å². The van der Waals surface area contributed by atoms with Crippen LogP contribution in [-0.2, 0) is 16.0 Å². The Kier molecular flexibility index (Phi) is 5.81. The number of nitrogens with zero attached hydrogens (tertiary/aromatic N) is 1. The summed E-state index contributed by atoms with van der Waals surface area (Å²) in [5.74, 6) is -1.40. The number of carbonyl (C=O) groups excluding carboxylic acids is 3. The van der Waals surface area contributed by atoms with Gasteiger partial charge in [-0.05, 0) is 60.9 Å². The first kappa shape index (κ1) is 20.7. The maximum Gasteiger partial charge on any atom is 0.339 e. The zero-order valence-electron chi connectivity index (χ0n) is 16.9. The predicted molar refractivity (Wildman–Crippen MR) is 119 cm³/mol. The predicted octanol–water partition coefficient (Wildman–Crippen LogP) is 3.91. The van der Waals surface area contributed by atoms with Crippen molar-refractivity contribution >= 4 is 51.8 Å². The highest BCUT2D eigenvalue weighted by molar-refractivity contribution is 7.10. The van der Waals surface area contributed by atoms with Crippen molar-refractivity contribution in [3.63, 3.8) is 0 Å². The molecule has 3 amide bonds. The van der Waals surface area contributed by atoms with Gasteiger partial charge < -0.3 is 10.5 Å². The van der Waals surface area contributed by atoms with E-state index in [9.17, 15) is 14.4 Å². The number of imide groups is 1. The van der Waals surface area contributed by atoms with Gasteiger partial charge in [-0.1, -0.05) is 24.3 Å². The minimum atomic E-state index is -1.17. The highest BCUT2D eigenvalue weighted by atomic mass is 32.1. The number of nitrogens with one attached hydrogen (secondary N) is 1. The molecule has 0 aliphatic heterocycles. The smallest absolute Gasteiger partial charge is 0.339 e. The SMILES string of the molecule is CC(OC(=O)c1c2c(nc3ccccc13)C(=Cc1cccs1)CCC2)C(=O)NC(N)=O. The molecule has 1 aromatic carbocycles. The summed E-state index contributed by atoms with van der Waals surface area (Å²) in [6, 6.07) is 10.4. The van der Waals surface area contributed by atoms with Gasteiger partial charge in [0.25, 0.3) is 5.91 Å². The highest BCUT2D eigenvalue weighted by Gasteiger charge is 2.28. The van der Waals surface area contributed by atoms with Crippen LogP contribution in [0.2, 0.25) is 0 Å². The van der Waals surface area contributed by atoms with E-state index < -0.39 is 24.0 Å². The van der Waals surface area contributed by atoms with Crippen molar-refractivity contribution in [1.82, 2.24) is 10.3 Å². The maximum absolute atomic E-state index is 13.2. The molecule has 2 aromatic heterocycles. The summed E-state index contributed by atoms with van der Waals surface area (Å²) < 4.78 is 5.41. The molecule has 31 heavy (non-hydrogen) atoms. The van der Waals surface area contributed by atoms with Crippen LogP contribution >= 0.6 is 11.3 Å². The van der Waals surface area contributed by atoms with E-state index in [1.165, 1.54) is 6.92 Å². The quantitative estimate of drug-likeness (QED) is 0.604. The van der Waals surface area contributed by atoms with Crippen LogP contribution in [0.4, 0.5) is 4.79 Å². The molecule has 3 aromatic rings. The van der Waals surface area contributed by atoms with Crippen LogP contribution in [0.5, 0.6) is 0 Å². The molecule has 8 heteroatoms. The van der Waals surface area contributed by atoms with E-state index in [4.69, 9.17) is 15.5 Å². The van der Waals surface area contributed by atoms with Crippen molar-refractivity contribution < 1.29 is 19.1 Å². The van der Waals surface area contributed by atoms with E-state index in [-0.39, 0.29) is 0 Å². The Morgan fingerprint density at radius 3 is 2.74 bits per heavy atom. The number of ether oxygens (including phenoxy) is 1. The first-order chi connectivity index (χ1) is 14.9. The number of nitrogens with two attached hydrogens (primary N) is 1. The van der Waals surface area contributed by atoms with Gasteiger partial charge in [0.15, 0.2) is 6.10 Å². The van der Waals surface area contributed by atoms with E-state index in [1.54, 1.807) is 11.3 Å². The van der Waals surface area contributed by atoms with E-state index in [0.717, 1.165) is 34.5 Å². The molecule has 1 atom stereocenters. The van der Waals surface area contributed by atoms with Crippen molar-refractivity contribution in [2.75, 3.05) is 0 Å².